The first-order chi connectivity index (χ1) is 8.77. The van der Waals surface area contributed by atoms with E-state index in [1.807, 2.05) is 48.5 Å². The first-order valence-corrected chi connectivity index (χ1v) is 6.89. The predicted molar refractivity (Wildman–Crippen MR) is 82.7 cm³/mol. The van der Waals surface area contributed by atoms with Crippen LogP contribution in [0.5, 0.6) is 0 Å². The Morgan fingerprint density at radius 2 is 1.67 bits per heavy atom. The highest BCUT2D eigenvalue weighted by molar-refractivity contribution is 14.1. The van der Waals surface area contributed by atoms with Crippen LogP contribution in [-0.4, -0.2) is 10.2 Å². The third kappa shape index (κ3) is 1.97. The van der Waals surface area contributed by atoms with Crippen molar-refractivity contribution in [2.45, 2.75) is 0 Å². The van der Waals surface area contributed by atoms with Crippen LogP contribution in [0.4, 0.5) is 0 Å². The summed E-state index contributed by atoms with van der Waals surface area (Å²) in [5.41, 5.74) is 1.92. The summed E-state index contributed by atoms with van der Waals surface area (Å²) in [7, 11) is 0. The summed E-state index contributed by atoms with van der Waals surface area (Å²) in [5.74, 6) is 0. The van der Waals surface area contributed by atoms with E-state index in [0.29, 0.717) is 5.15 Å². The lowest BCUT2D eigenvalue weighted by Gasteiger charge is -2.07. The molecule has 0 unspecified atom stereocenters. The van der Waals surface area contributed by atoms with Gasteiger partial charge in [0.25, 0.3) is 0 Å². The SMILES string of the molecule is Clc1nnc(-c2ccccc2)c2cccc(I)c12. The van der Waals surface area contributed by atoms with Gasteiger partial charge in [0.05, 0.1) is 0 Å². The van der Waals surface area contributed by atoms with Crippen molar-refractivity contribution in [2.75, 3.05) is 0 Å². The summed E-state index contributed by atoms with van der Waals surface area (Å²) >= 11 is 8.41. The normalized spacial score (nSPS) is 10.8. The minimum Gasteiger partial charge on any atom is -0.148 e. The zero-order valence-electron chi connectivity index (χ0n) is 9.27. The van der Waals surface area contributed by atoms with Gasteiger partial charge in [0, 0.05) is 19.9 Å². The fourth-order valence-electron chi connectivity index (χ4n) is 1.94. The van der Waals surface area contributed by atoms with Crippen molar-refractivity contribution >= 4 is 45.0 Å². The van der Waals surface area contributed by atoms with E-state index in [2.05, 4.69) is 32.8 Å². The molecule has 1 heterocycles. The molecule has 0 amide bonds. The molecule has 0 spiro atoms. The fourth-order valence-corrected chi connectivity index (χ4v) is 3.09. The number of aromatic nitrogens is 2. The first kappa shape index (κ1) is 11.9. The Balaban J connectivity index is 2.39. The molecule has 0 radical (unpaired) electrons. The number of nitrogens with zero attached hydrogens (tertiary/aromatic N) is 2. The molecule has 0 N–H and O–H groups in total. The van der Waals surface area contributed by atoms with Crippen LogP contribution in [0.2, 0.25) is 5.15 Å². The number of hydrogen-bond acceptors (Lipinski definition) is 2. The molecule has 0 atom stereocenters. The van der Waals surface area contributed by atoms with Crippen LogP contribution in [0.1, 0.15) is 0 Å². The predicted octanol–water partition coefficient (Wildman–Crippen LogP) is 4.55. The highest BCUT2D eigenvalue weighted by Crippen LogP contribution is 2.32. The Morgan fingerprint density at radius 1 is 0.889 bits per heavy atom. The van der Waals surface area contributed by atoms with Gasteiger partial charge in [-0.2, -0.15) is 0 Å². The lowest BCUT2D eigenvalue weighted by atomic mass is 10.1. The molecule has 0 aliphatic carbocycles. The van der Waals surface area contributed by atoms with Crippen LogP contribution in [0.3, 0.4) is 0 Å². The molecule has 1 aromatic heterocycles. The maximum Gasteiger partial charge on any atom is 0.160 e. The van der Waals surface area contributed by atoms with Crippen molar-refractivity contribution in [3.63, 3.8) is 0 Å². The molecule has 4 heteroatoms. The van der Waals surface area contributed by atoms with E-state index in [0.717, 1.165) is 25.6 Å². The smallest absolute Gasteiger partial charge is 0.148 e. The topological polar surface area (TPSA) is 25.8 Å². The van der Waals surface area contributed by atoms with E-state index in [4.69, 9.17) is 11.6 Å². The largest absolute Gasteiger partial charge is 0.160 e. The molecule has 0 bridgehead atoms. The lowest BCUT2D eigenvalue weighted by molar-refractivity contribution is 1.06. The van der Waals surface area contributed by atoms with Gasteiger partial charge < -0.3 is 0 Å². The lowest BCUT2D eigenvalue weighted by Crippen LogP contribution is -1.92. The van der Waals surface area contributed by atoms with Gasteiger partial charge in [0.2, 0.25) is 0 Å². The van der Waals surface area contributed by atoms with E-state index in [9.17, 15) is 0 Å². The van der Waals surface area contributed by atoms with Crippen LogP contribution >= 0.6 is 34.2 Å². The number of halogens is 2. The Kier molecular flexibility index (Phi) is 3.18. The second-order valence-corrected chi connectivity index (χ2v) is 5.39. The second-order valence-electron chi connectivity index (χ2n) is 3.87. The third-order valence-electron chi connectivity index (χ3n) is 2.76. The Hall–Kier alpha value is -1.20. The van der Waals surface area contributed by atoms with Gasteiger partial charge in [-0.1, -0.05) is 54.1 Å². The fraction of sp³-hybridized carbons (Fsp3) is 0. The first-order valence-electron chi connectivity index (χ1n) is 5.43. The van der Waals surface area contributed by atoms with Gasteiger partial charge >= 0.3 is 0 Å². The molecule has 18 heavy (non-hydrogen) atoms. The molecule has 0 saturated carbocycles. The molecular formula is C14H8ClIN2. The van der Waals surface area contributed by atoms with E-state index < -0.39 is 0 Å². The van der Waals surface area contributed by atoms with Gasteiger partial charge in [-0.15, -0.1) is 10.2 Å². The van der Waals surface area contributed by atoms with Crippen LogP contribution in [0, 0.1) is 3.57 Å². The summed E-state index contributed by atoms with van der Waals surface area (Å²) in [6.45, 7) is 0. The number of rotatable bonds is 1. The zero-order valence-corrected chi connectivity index (χ0v) is 12.2. The molecule has 0 aliphatic rings. The maximum atomic E-state index is 6.14. The monoisotopic (exact) mass is 366 g/mol. The zero-order chi connectivity index (χ0) is 12.5. The summed E-state index contributed by atoms with van der Waals surface area (Å²) in [6.07, 6.45) is 0. The van der Waals surface area contributed by atoms with E-state index in [-0.39, 0.29) is 0 Å². The van der Waals surface area contributed by atoms with Crippen molar-refractivity contribution in [1.29, 1.82) is 0 Å². The van der Waals surface area contributed by atoms with Crippen molar-refractivity contribution < 1.29 is 0 Å². The number of fused-ring (bicyclic) bond motifs is 1. The Morgan fingerprint density at radius 3 is 2.44 bits per heavy atom. The van der Waals surface area contributed by atoms with Crippen LogP contribution in [0.25, 0.3) is 22.0 Å². The average Bonchev–Trinajstić information content (AvgIpc) is 2.40. The van der Waals surface area contributed by atoms with Gasteiger partial charge in [-0.05, 0) is 28.7 Å². The average molecular weight is 367 g/mol. The summed E-state index contributed by atoms with van der Waals surface area (Å²) < 4.78 is 1.09. The van der Waals surface area contributed by atoms with Crippen molar-refractivity contribution in [2.24, 2.45) is 0 Å². The summed E-state index contributed by atoms with van der Waals surface area (Å²) in [6, 6.07) is 16.1. The van der Waals surface area contributed by atoms with Crippen LogP contribution in [0.15, 0.2) is 48.5 Å². The van der Waals surface area contributed by atoms with Gasteiger partial charge in [-0.3, -0.25) is 0 Å². The highest BCUT2D eigenvalue weighted by atomic mass is 127. The maximum absolute atomic E-state index is 6.14. The van der Waals surface area contributed by atoms with Gasteiger partial charge in [-0.25, -0.2) is 0 Å². The Labute approximate surface area is 123 Å². The molecule has 2 nitrogen and oxygen atoms in total. The molecule has 3 aromatic rings. The second kappa shape index (κ2) is 4.82. The van der Waals surface area contributed by atoms with Crippen molar-refractivity contribution in [3.05, 3.63) is 57.3 Å². The quantitative estimate of drug-likeness (QED) is 0.590. The van der Waals surface area contributed by atoms with Gasteiger partial charge in [0.15, 0.2) is 5.15 Å². The minimum atomic E-state index is 0.453. The third-order valence-corrected chi connectivity index (χ3v) is 3.92. The van der Waals surface area contributed by atoms with Gasteiger partial charge in [0.1, 0.15) is 5.69 Å². The molecule has 3 rings (SSSR count). The molecular weight excluding hydrogens is 359 g/mol. The highest BCUT2D eigenvalue weighted by Gasteiger charge is 2.11. The van der Waals surface area contributed by atoms with Crippen molar-refractivity contribution in [1.82, 2.24) is 10.2 Å². The molecule has 0 saturated heterocycles. The van der Waals surface area contributed by atoms with Crippen LogP contribution < -0.4 is 0 Å². The van der Waals surface area contributed by atoms with E-state index in [1.54, 1.807) is 0 Å². The number of benzene rings is 2. The molecule has 2 aromatic carbocycles. The van der Waals surface area contributed by atoms with Crippen LogP contribution in [-0.2, 0) is 0 Å². The summed E-state index contributed by atoms with van der Waals surface area (Å²) in [5, 5.41) is 10.7. The number of hydrogen-bond donors (Lipinski definition) is 0. The van der Waals surface area contributed by atoms with E-state index in [1.165, 1.54) is 0 Å². The minimum absolute atomic E-state index is 0.453. The summed E-state index contributed by atoms with van der Waals surface area (Å²) in [4.78, 5) is 0. The molecule has 88 valence electrons. The van der Waals surface area contributed by atoms with Crippen molar-refractivity contribution in [3.8, 4) is 11.3 Å². The van der Waals surface area contributed by atoms with E-state index >= 15 is 0 Å². The molecule has 0 fully saturated rings. The molecule has 0 aliphatic heterocycles. The Bertz CT molecular complexity index is 705. The standard InChI is InChI=1S/C14H8ClIN2/c15-14-12-10(7-4-8-11(12)16)13(17-18-14)9-5-2-1-3-6-9/h1-8H.